The maximum atomic E-state index is 10.8. The number of carboxylic acid groups (broad SMARTS) is 1. The zero-order chi connectivity index (χ0) is 14.4. The molecule has 0 saturated carbocycles. The molecule has 6 nitrogen and oxygen atoms in total. The maximum Gasteiger partial charge on any atom is 0.306 e. The molecule has 104 valence electrons. The average molecular weight is 266 g/mol. The van der Waals surface area contributed by atoms with Gasteiger partial charge in [-0.2, -0.15) is 0 Å². The number of hydrogen-bond acceptors (Lipinski definition) is 4. The molecule has 0 heterocycles. The van der Waals surface area contributed by atoms with Gasteiger partial charge in [-0.1, -0.05) is 13.0 Å². The number of anilines is 1. The third-order valence-corrected chi connectivity index (χ3v) is 2.97. The van der Waals surface area contributed by atoms with E-state index in [1.165, 1.54) is 6.07 Å². The van der Waals surface area contributed by atoms with Crippen molar-refractivity contribution < 1.29 is 14.8 Å². The van der Waals surface area contributed by atoms with Gasteiger partial charge in [-0.3, -0.25) is 14.9 Å². The molecule has 1 rings (SSSR count). The standard InChI is InChI=1S/C13H18N2O4/c1-9-5-6-11(8-12(9)15(18)19)14-7-3-4-10(2)13(16)17/h5-6,8,10,14H,3-4,7H2,1-2H3,(H,16,17). The first-order valence-electron chi connectivity index (χ1n) is 6.13. The molecule has 0 amide bonds. The summed E-state index contributed by atoms with van der Waals surface area (Å²) in [6.45, 7) is 3.95. The number of rotatable bonds is 7. The second-order valence-corrected chi connectivity index (χ2v) is 4.57. The van der Waals surface area contributed by atoms with Gasteiger partial charge in [0.1, 0.15) is 0 Å². The van der Waals surface area contributed by atoms with E-state index in [4.69, 9.17) is 5.11 Å². The number of nitrogens with one attached hydrogen (secondary N) is 1. The van der Waals surface area contributed by atoms with Crippen LogP contribution in [-0.2, 0) is 4.79 Å². The minimum absolute atomic E-state index is 0.0869. The van der Waals surface area contributed by atoms with Crippen LogP contribution in [0.1, 0.15) is 25.3 Å². The maximum absolute atomic E-state index is 10.8. The number of carboxylic acids is 1. The van der Waals surface area contributed by atoms with Gasteiger partial charge in [0.25, 0.3) is 5.69 Å². The quantitative estimate of drug-likeness (QED) is 0.449. The highest BCUT2D eigenvalue weighted by Crippen LogP contribution is 2.22. The molecule has 0 saturated heterocycles. The van der Waals surface area contributed by atoms with Crippen molar-refractivity contribution in [1.82, 2.24) is 0 Å². The van der Waals surface area contributed by atoms with Crippen LogP contribution in [0.15, 0.2) is 18.2 Å². The number of aliphatic carboxylic acids is 1. The van der Waals surface area contributed by atoms with Crippen molar-refractivity contribution >= 4 is 17.3 Å². The Kier molecular flexibility index (Phi) is 5.29. The predicted molar refractivity (Wildman–Crippen MR) is 72.4 cm³/mol. The second-order valence-electron chi connectivity index (χ2n) is 4.57. The molecule has 0 aromatic heterocycles. The topological polar surface area (TPSA) is 92.5 Å². The summed E-state index contributed by atoms with van der Waals surface area (Å²) in [5, 5.41) is 22.6. The van der Waals surface area contributed by atoms with E-state index in [1.807, 2.05) is 0 Å². The lowest BCUT2D eigenvalue weighted by Gasteiger charge is -2.09. The molecule has 1 aromatic carbocycles. The molecule has 2 N–H and O–H groups in total. The summed E-state index contributed by atoms with van der Waals surface area (Å²) >= 11 is 0. The Labute approximate surface area is 111 Å². The van der Waals surface area contributed by atoms with Crippen molar-refractivity contribution in [3.05, 3.63) is 33.9 Å². The summed E-state index contributed by atoms with van der Waals surface area (Å²) in [6, 6.07) is 4.97. The van der Waals surface area contributed by atoms with Gasteiger partial charge in [0, 0.05) is 23.9 Å². The lowest BCUT2D eigenvalue weighted by Crippen LogP contribution is -2.11. The summed E-state index contributed by atoms with van der Waals surface area (Å²) in [5.74, 6) is -1.17. The normalized spacial score (nSPS) is 11.9. The number of hydrogen-bond donors (Lipinski definition) is 2. The average Bonchev–Trinajstić information content (AvgIpc) is 2.35. The SMILES string of the molecule is Cc1ccc(NCCCC(C)C(=O)O)cc1[N+](=O)[O-]. The largest absolute Gasteiger partial charge is 0.481 e. The Morgan fingerprint density at radius 1 is 1.53 bits per heavy atom. The first-order valence-corrected chi connectivity index (χ1v) is 6.13. The highest BCUT2D eigenvalue weighted by atomic mass is 16.6. The molecule has 1 unspecified atom stereocenters. The van der Waals surface area contributed by atoms with Gasteiger partial charge in [-0.05, 0) is 25.8 Å². The van der Waals surface area contributed by atoms with Crippen LogP contribution in [0.25, 0.3) is 0 Å². The van der Waals surface area contributed by atoms with Gasteiger partial charge in [0.15, 0.2) is 0 Å². The lowest BCUT2D eigenvalue weighted by molar-refractivity contribution is -0.385. The van der Waals surface area contributed by atoms with Crippen molar-refractivity contribution in [2.24, 2.45) is 5.92 Å². The van der Waals surface area contributed by atoms with Gasteiger partial charge in [0.2, 0.25) is 0 Å². The van der Waals surface area contributed by atoms with Crippen molar-refractivity contribution in [3.63, 3.8) is 0 Å². The van der Waals surface area contributed by atoms with E-state index in [1.54, 1.807) is 26.0 Å². The summed E-state index contributed by atoms with van der Waals surface area (Å²) in [7, 11) is 0. The molecule has 1 aromatic rings. The molecule has 0 fully saturated rings. The van der Waals surface area contributed by atoms with E-state index in [2.05, 4.69) is 5.32 Å². The molecular formula is C13H18N2O4. The highest BCUT2D eigenvalue weighted by molar-refractivity contribution is 5.69. The fourth-order valence-electron chi connectivity index (χ4n) is 1.68. The number of nitro groups is 1. The van der Waals surface area contributed by atoms with E-state index < -0.39 is 10.9 Å². The Morgan fingerprint density at radius 3 is 2.79 bits per heavy atom. The minimum Gasteiger partial charge on any atom is -0.481 e. The van der Waals surface area contributed by atoms with Crippen molar-refractivity contribution in [1.29, 1.82) is 0 Å². The molecule has 6 heteroatoms. The Bertz CT molecular complexity index is 474. The third-order valence-electron chi connectivity index (χ3n) is 2.97. The van der Waals surface area contributed by atoms with Crippen molar-refractivity contribution in [2.45, 2.75) is 26.7 Å². The fraction of sp³-hybridized carbons (Fsp3) is 0.462. The third kappa shape index (κ3) is 4.57. The van der Waals surface area contributed by atoms with Crippen LogP contribution in [0.2, 0.25) is 0 Å². The lowest BCUT2D eigenvalue weighted by atomic mass is 10.1. The smallest absolute Gasteiger partial charge is 0.306 e. The number of benzene rings is 1. The van der Waals surface area contributed by atoms with Crippen molar-refractivity contribution in [3.8, 4) is 0 Å². The number of nitro benzene ring substituents is 1. The van der Waals surface area contributed by atoms with E-state index in [0.717, 1.165) is 0 Å². The van der Waals surface area contributed by atoms with Gasteiger partial charge < -0.3 is 10.4 Å². The Balaban J connectivity index is 2.48. The Hall–Kier alpha value is -2.11. The van der Waals surface area contributed by atoms with Crippen LogP contribution >= 0.6 is 0 Å². The minimum atomic E-state index is -0.800. The van der Waals surface area contributed by atoms with Crippen LogP contribution < -0.4 is 5.32 Å². The summed E-state index contributed by atoms with van der Waals surface area (Å²) in [5.41, 5.74) is 1.39. The molecule has 0 aliphatic carbocycles. The monoisotopic (exact) mass is 266 g/mol. The zero-order valence-corrected chi connectivity index (χ0v) is 11.0. The van der Waals surface area contributed by atoms with E-state index >= 15 is 0 Å². The number of carbonyl (C=O) groups is 1. The zero-order valence-electron chi connectivity index (χ0n) is 11.0. The van der Waals surface area contributed by atoms with E-state index in [0.29, 0.717) is 30.6 Å². The molecule has 0 bridgehead atoms. The highest BCUT2D eigenvalue weighted by Gasteiger charge is 2.11. The van der Waals surface area contributed by atoms with Crippen molar-refractivity contribution in [2.75, 3.05) is 11.9 Å². The molecule has 0 aliphatic heterocycles. The first kappa shape index (κ1) is 14.9. The molecule has 0 radical (unpaired) electrons. The van der Waals surface area contributed by atoms with E-state index in [9.17, 15) is 14.9 Å². The summed E-state index contributed by atoms with van der Waals surface area (Å²) in [6.07, 6.45) is 1.28. The van der Waals surface area contributed by atoms with Gasteiger partial charge in [-0.15, -0.1) is 0 Å². The van der Waals surface area contributed by atoms with Gasteiger partial charge in [-0.25, -0.2) is 0 Å². The molecule has 0 aliphatic rings. The van der Waals surface area contributed by atoms with Gasteiger partial charge >= 0.3 is 5.97 Å². The molecule has 1 atom stereocenters. The summed E-state index contributed by atoms with van der Waals surface area (Å²) in [4.78, 5) is 21.0. The first-order chi connectivity index (χ1) is 8.91. The second kappa shape index (κ2) is 6.72. The Morgan fingerprint density at radius 2 is 2.21 bits per heavy atom. The van der Waals surface area contributed by atoms with Crippen LogP contribution in [0.3, 0.4) is 0 Å². The number of aryl methyl sites for hydroxylation is 1. The van der Waals surface area contributed by atoms with Crippen LogP contribution in [-0.4, -0.2) is 22.5 Å². The predicted octanol–water partition coefficient (Wildman–Crippen LogP) is 2.82. The molecule has 19 heavy (non-hydrogen) atoms. The van der Waals surface area contributed by atoms with E-state index in [-0.39, 0.29) is 11.6 Å². The molecular weight excluding hydrogens is 248 g/mol. The summed E-state index contributed by atoms with van der Waals surface area (Å²) < 4.78 is 0. The fourth-order valence-corrected chi connectivity index (χ4v) is 1.68. The van der Waals surface area contributed by atoms with Gasteiger partial charge in [0.05, 0.1) is 10.8 Å². The number of nitrogens with zero attached hydrogens (tertiary/aromatic N) is 1. The van der Waals surface area contributed by atoms with Crippen LogP contribution in [0.5, 0.6) is 0 Å². The molecule has 0 spiro atoms. The van der Waals surface area contributed by atoms with Crippen LogP contribution in [0, 0.1) is 23.0 Å². The van der Waals surface area contributed by atoms with Crippen LogP contribution in [0.4, 0.5) is 11.4 Å².